The lowest BCUT2D eigenvalue weighted by Crippen LogP contribution is -2.26. The van der Waals surface area contributed by atoms with Crippen LogP contribution >= 0.6 is 0 Å². The molecule has 0 atom stereocenters. The van der Waals surface area contributed by atoms with Gasteiger partial charge < -0.3 is 0 Å². The average Bonchev–Trinajstić information content (AvgIpc) is 2.33. The number of benzene rings is 1. The minimum absolute atomic E-state index is 0.194. The normalized spacial score (nSPS) is 18.0. The van der Waals surface area contributed by atoms with Gasteiger partial charge in [0.05, 0.1) is 4.92 Å². The molecule has 4 nitrogen and oxygen atoms in total. The molecule has 0 aromatic heterocycles. The van der Waals surface area contributed by atoms with E-state index in [4.69, 9.17) is 0 Å². The van der Waals surface area contributed by atoms with Crippen LogP contribution in [0.3, 0.4) is 0 Å². The number of hydrogen-bond acceptors (Lipinski definition) is 3. The zero-order chi connectivity index (χ0) is 12.8. The van der Waals surface area contributed by atoms with Gasteiger partial charge in [-0.1, -0.05) is 31.4 Å². The molecule has 2 rings (SSSR count). The van der Waals surface area contributed by atoms with Crippen LogP contribution in [-0.4, -0.2) is 22.9 Å². The summed E-state index contributed by atoms with van der Waals surface area (Å²) in [5, 5.41) is 10.7. The molecule has 1 heterocycles. The number of nitro groups is 1. The van der Waals surface area contributed by atoms with Gasteiger partial charge >= 0.3 is 0 Å². The molecule has 0 amide bonds. The third kappa shape index (κ3) is 3.81. The van der Waals surface area contributed by atoms with Gasteiger partial charge in [-0.2, -0.15) is 0 Å². The second kappa shape index (κ2) is 6.50. The number of non-ortho nitro benzene ring substituents is 1. The average molecular weight is 248 g/mol. The number of nitrogens with zero attached hydrogens (tertiary/aromatic N) is 2. The lowest BCUT2D eigenvalue weighted by Gasteiger charge is -2.24. The molecular weight excluding hydrogens is 228 g/mol. The third-order valence-corrected chi connectivity index (χ3v) is 3.48. The number of rotatable bonds is 3. The first-order valence-corrected chi connectivity index (χ1v) is 6.71. The molecule has 0 radical (unpaired) electrons. The van der Waals surface area contributed by atoms with Gasteiger partial charge in [0.25, 0.3) is 5.69 Å². The first kappa shape index (κ1) is 13.0. The van der Waals surface area contributed by atoms with E-state index >= 15 is 0 Å². The Kier molecular flexibility index (Phi) is 4.70. The van der Waals surface area contributed by atoms with Crippen molar-refractivity contribution in [3.63, 3.8) is 0 Å². The molecule has 1 aliphatic rings. The van der Waals surface area contributed by atoms with Gasteiger partial charge in [0.2, 0.25) is 0 Å². The second-order valence-corrected chi connectivity index (χ2v) is 4.97. The third-order valence-electron chi connectivity index (χ3n) is 3.48. The van der Waals surface area contributed by atoms with E-state index in [-0.39, 0.29) is 10.6 Å². The monoisotopic (exact) mass is 248 g/mol. The maximum Gasteiger partial charge on any atom is 0.269 e. The molecule has 0 aliphatic carbocycles. The van der Waals surface area contributed by atoms with Gasteiger partial charge in [0.15, 0.2) is 0 Å². The van der Waals surface area contributed by atoms with Gasteiger partial charge in [-0.25, -0.2) is 0 Å². The van der Waals surface area contributed by atoms with E-state index in [9.17, 15) is 10.1 Å². The van der Waals surface area contributed by atoms with Crippen molar-refractivity contribution in [2.45, 2.75) is 38.6 Å². The van der Waals surface area contributed by atoms with Crippen LogP contribution in [0.4, 0.5) is 5.69 Å². The smallest absolute Gasteiger partial charge is 0.269 e. The van der Waals surface area contributed by atoms with Crippen LogP contribution in [0.1, 0.15) is 37.7 Å². The number of nitro benzene ring substituents is 1. The molecule has 0 N–H and O–H groups in total. The van der Waals surface area contributed by atoms with Crippen LogP contribution < -0.4 is 0 Å². The predicted molar refractivity (Wildman–Crippen MR) is 71.5 cm³/mol. The topological polar surface area (TPSA) is 46.4 Å². The standard InChI is InChI=1S/C14H20N2O2/c17-16(18)14-8-6-7-13(11-14)12-15-9-4-2-1-3-5-10-15/h6-8,11H,1-5,9-10,12H2. The molecule has 1 aromatic carbocycles. The molecule has 4 heteroatoms. The highest BCUT2D eigenvalue weighted by Gasteiger charge is 2.11. The van der Waals surface area contributed by atoms with E-state index in [1.54, 1.807) is 18.2 Å². The maximum absolute atomic E-state index is 10.7. The van der Waals surface area contributed by atoms with Crippen molar-refractivity contribution < 1.29 is 4.92 Å². The van der Waals surface area contributed by atoms with Gasteiger partial charge in [-0.05, 0) is 31.5 Å². The lowest BCUT2D eigenvalue weighted by atomic mass is 10.1. The summed E-state index contributed by atoms with van der Waals surface area (Å²) < 4.78 is 0. The van der Waals surface area contributed by atoms with Gasteiger partial charge in [0, 0.05) is 18.7 Å². The number of hydrogen-bond donors (Lipinski definition) is 0. The summed E-state index contributed by atoms with van der Waals surface area (Å²) in [6.45, 7) is 3.06. The van der Waals surface area contributed by atoms with Gasteiger partial charge in [-0.3, -0.25) is 15.0 Å². The van der Waals surface area contributed by atoms with Crippen LogP contribution in [0.25, 0.3) is 0 Å². The summed E-state index contributed by atoms with van der Waals surface area (Å²) in [5.74, 6) is 0. The van der Waals surface area contributed by atoms with Crippen LogP contribution in [0.2, 0.25) is 0 Å². The fraction of sp³-hybridized carbons (Fsp3) is 0.571. The Bertz CT molecular complexity index is 399. The van der Waals surface area contributed by atoms with E-state index in [0.29, 0.717) is 0 Å². The first-order valence-electron chi connectivity index (χ1n) is 6.71. The van der Waals surface area contributed by atoms with E-state index in [0.717, 1.165) is 25.2 Å². The quantitative estimate of drug-likeness (QED) is 0.608. The summed E-state index contributed by atoms with van der Waals surface area (Å²) in [6.07, 6.45) is 6.46. The predicted octanol–water partition coefficient (Wildman–Crippen LogP) is 3.36. The Morgan fingerprint density at radius 2 is 1.78 bits per heavy atom. The molecule has 1 saturated heterocycles. The van der Waals surface area contributed by atoms with E-state index in [2.05, 4.69) is 4.90 Å². The zero-order valence-corrected chi connectivity index (χ0v) is 10.7. The van der Waals surface area contributed by atoms with Crippen LogP contribution in [-0.2, 0) is 6.54 Å². The molecule has 0 bridgehead atoms. The van der Waals surface area contributed by atoms with E-state index in [1.807, 2.05) is 6.07 Å². The van der Waals surface area contributed by atoms with Crippen molar-refractivity contribution in [3.8, 4) is 0 Å². The largest absolute Gasteiger partial charge is 0.299 e. The second-order valence-electron chi connectivity index (χ2n) is 4.97. The van der Waals surface area contributed by atoms with Crippen LogP contribution in [0, 0.1) is 10.1 Å². The molecule has 98 valence electrons. The minimum atomic E-state index is -0.322. The molecule has 1 fully saturated rings. The van der Waals surface area contributed by atoms with Crippen molar-refractivity contribution in [2.75, 3.05) is 13.1 Å². The van der Waals surface area contributed by atoms with Crippen molar-refractivity contribution in [1.82, 2.24) is 4.90 Å². The minimum Gasteiger partial charge on any atom is -0.299 e. The molecule has 1 aliphatic heterocycles. The Morgan fingerprint density at radius 3 is 2.44 bits per heavy atom. The molecule has 0 spiro atoms. The molecule has 18 heavy (non-hydrogen) atoms. The van der Waals surface area contributed by atoms with Gasteiger partial charge in [0.1, 0.15) is 0 Å². The molecular formula is C14H20N2O2. The summed E-state index contributed by atoms with van der Waals surface area (Å²) in [6, 6.07) is 7.00. The Hall–Kier alpha value is -1.42. The summed E-state index contributed by atoms with van der Waals surface area (Å²) in [7, 11) is 0. The SMILES string of the molecule is O=[N+]([O-])c1cccc(CN2CCCCCCC2)c1. The Balaban J connectivity index is 1.98. The fourth-order valence-corrected chi connectivity index (χ4v) is 2.50. The summed E-state index contributed by atoms with van der Waals surface area (Å²) in [5.41, 5.74) is 1.24. The van der Waals surface area contributed by atoms with Crippen LogP contribution in [0.15, 0.2) is 24.3 Å². The van der Waals surface area contributed by atoms with E-state index in [1.165, 1.54) is 32.1 Å². The van der Waals surface area contributed by atoms with E-state index < -0.39 is 0 Å². The molecule has 0 saturated carbocycles. The number of likely N-dealkylation sites (tertiary alicyclic amines) is 1. The highest BCUT2D eigenvalue weighted by Crippen LogP contribution is 2.17. The Labute approximate surface area is 108 Å². The highest BCUT2D eigenvalue weighted by molar-refractivity contribution is 5.34. The van der Waals surface area contributed by atoms with Crippen molar-refractivity contribution >= 4 is 5.69 Å². The lowest BCUT2D eigenvalue weighted by molar-refractivity contribution is -0.384. The Morgan fingerprint density at radius 1 is 1.11 bits per heavy atom. The molecule has 1 aromatic rings. The highest BCUT2D eigenvalue weighted by atomic mass is 16.6. The fourth-order valence-electron chi connectivity index (χ4n) is 2.50. The van der Waals surface area contributed by atoms with Crippen molar-refractivity contribution in [3.05, 3.63) is 39.9 Å². The van der Waals surface area contributed by atoms with Crippen molar-refractivity contribution in [1.29, 1.82) is 0 Å². The maximum atomic E-state index is 10.7. The molecule has 0 unspecified atom stereocenters. The first-order chi connectivity index (χ1) is 8.75. The van der Waals surface area contributed by atoms with Crippen LogP contribution in [0.5, 0.6) is 0 Å². The zero-order valence-electron chi connectivity index (χ0n) is 10.7. The summed E-state index contributed by atoms with van der Waals surface area (Å²) in [4.78, 5) is 12.8. The van der Waals surface area contributed by atoms with Crippen molar-refractivity contribution in [2.24, 2.45) is 0 Å². The van der Waals surface area contributed by atoms with Gasteiger partial charge in [-0.15, -0.1) is 0 Å². The summed E-state index contributed by atoms with van der Waals surface area (Å²) >= 11 is 0.